The summed E-state index contributed by atoms with van der Waals surface area (Å²) in [5.41, 5.74) is 1.90. The molecule has 3 aromatic rings. The number of nitrogens with zero attached hydrogens (tertiary/aromatic N) is 2. The fraction of sp³-hybridized carbons (Fsp3) is 0.182. The average Bonchev–Trinajstić information content (AvgIpc) is 2.82. The maximum absolute atomic E-state index is 11.8. The van der Waals surface area contributed by atoms with Gasteiger partial charge in [-0.1, -0.05) is 124 Å². The van der Waals surface area contributed by atoms with Gasteiger partial charge in [0.2, 0.25) is 0 Å². The molecule has 0 unspecified atom stereocenters. The van der Waals surface area contributed by atoms with E-state index in [1.807, 2.05) is 60.7 Å². The molecule has 0 aromatic heterocycles. The minimum Gasteiger partial charge on any atom is -0.258 e. The molecule has 0 saturated heterocycles. The molecule has 0 radical (unpaired) electrons. The third-order valence-corrected chi connectivity index (χ3v) is 10.5. The molecule has 0 amide bonds. The van der Waals surface area contributed by atoms with Gasteiger partial charge in [0.15, 0.2) is 0 Å². The molecule has 0 bridgehead atoms. The Morgan fingerprint density at radius 1 is 0.562 bits per heavy atom. The van der Waals surface area contributed by atoms with Crippen LogP contribution in [0, 0.1) is 20.2 Å². The van der Waals surface area contributed by atoms with Crippen molar-refractivity contribution >= 4 is 75.1 Å². The molecule has 0 N–H and O–H groups in total. The van der Waals surface area contributed by atoms with Crippen LogP contribution in [0.25, 0.3) is 0 Å². The maximum atomic E-state index is 11.8. The quantitative estimate of drug-likeness (QED) is 0.134. The number of hydrogen-bond donors (Lipinski definition) is 0. The largest absolute Gasteiger partial charge is 0.280 e. The Morgan fingerprint density at radius 2 is 0.906 bits per heavy atom. The predicted molar refractivity (Wildman–Crippen MR) is 139 cm³/mol. The molecule has 3 aromatic carbocycles. The topological polar surface area (TPSA) is 86.3 Å². The van der Waals surface area contributed by atoms with E-state index >= 15 is 0 Å². The van der Waals surface area contributed by atoms with Crippen molar-refractivity contribution < 1.29 is 9.85 Å². The van der Waals surface area contributed by atoms with Crippen LogP contribution in [0.15, 0.2) is 72.8 Å². The highest BCUT2D eigenvalue weighted by Gasteiger charge is 2.35. The normalized spacial score (nSPS) is 14.9. The van der Waals surface area contributed by atoms with Crippen LogP contribution in [-0.4, -0.2) is 9.85 Å². The van der Waals surface area contributed by atoms with E-state index in [1.165, 1.54) is 0 Å². The number of hydrogen-bond acceptors (Lipinski definition) is 4. The fourth-order valence-corrected chi connectivity index (χ4v) is 5.82. The van der Waals surface area contributed by atoms with Crippen LogP contribution in [0.2, 0.25) is 0 Å². The van der Waals surface area contributed by atoms with Crippen LogP contribution in [0.1, 0.15) is 41.6 Å². The molecule has 0 fully saturated rings. The second-order valence-corrected chi connectivity index (χ2v) is 10.9. The number of nitro benzene ring substituents is 2. The van der Waals surface area contributed by atoms with Crippen LogP contribution >= 0.6 is 63.7 Å². The second-order valence-electron chi connectivity index (χ2n) is 6.91. The Kier molecular flexibility index (Phi) is 8.60. The monoisotopic (exact) mass is 688 g/mol. The first-order valence-corrected chi connectivity index (χ1v) is 13.0. The molecule has 0 aliphatic rings. The summed E-state index contributed by atoms with van der Waals surface area (Å²) in [6, 6.07) is 21.5. The van der Waals surface area contributed by atoms with Crippen LogP contribution in [0.4, 0.5) is 11.4 Å². The summed E-state index contributed by atoms with van der Waals surface area (Å²) in [4.78, 5) is 20.9. The van der Waals surface area contributed by atoms with Crippen LogP contribution in [-0.2, 0) is 0 Å². The average molecular weight is 692 g/mol. The third kappa shape index (κ3) is 5.47. The van der Waals surface area contributed by atoms with Gasteiger partial charge in [0, 0.05) is 11.1 Å². The molecule has 6 nitrogen and oxygen atoms in total. The molecule has 3 rings (SSSR count). The van der Waals surface area contributed by atoms with Gasteiger partial charge in [0.05, 0.1) is 35.2 Å². The summed E-state index contributed by atoms with van der Waals surface area (Å²) < 4.78 is 0. The van der Waals surface area contributed by atoms with Crippen molar-refractivity contribution in [1.82, 2.24) is 0 Å². The highest BCUT2D eigenvalue weighted by Crippen LogP contribution is 2.51. The highest BCUT2D eigenvalue weighted by atomic mass is 79.9. The van der Waals surface area contributed by atoms with E-state index in [4.69, 9.17) is 0 Å². The first-order valence-electron chi connectivity index (χ1n) is 9.35. The lowest BCUT2D eigenvalue weighted by Crippen LogP contribution is -2.09. The highest BCUT2D eigenvalue weighted by molar-refractivity contribution is 9.12. The van der Waals surface area contributed by atoms with Crippen LogP contribution in [0.3, 0.4) is 0 Å². The Labute approximate surface area is 218 Å². The SMILES string of the molecule is O=[N+]([O-])c1cc([N+](=O)[O-])c([C@H](Br)[C@H](Br)c2ccccc2)cc1[C@H](Br)[C@H](Br)c1ccccc1. The van der Waals surface area contributed by atoms with Gasteiger partial charge in [-0.2, -0.15) is 0 Å². The predicted octanol–water partition coefficient (Wildman–Crippen LogP) is 8.65. The standard InChI is InChI=1S/C22H16Br4N2O4/c23-19(13-7-3-1-4-8-13)21(25)15-11-16(18(28(31)32)12-17(15)27(29)30)22(26)20(24)14-9-5-2-6-10-14/h1-12,19-22H/t19-,20-,21+,22+/m1/s1. The molecule has 10 heteroatoms. The van der Waals surface area contributed by atoms with E-state index in [0.29, 0.717) is 11.1 Å². The van der Waals surface area contributed by atoms with Crippen LogP contribution in [0.5, 0.6) is 0 Å². The van der Waals surface area contributed by atoms with E-state index in [1.54, 1.807) is 6.07 Å². The number of benzene rings is 3. The van der Waals surface area contributed by atoms with Gasteiger partial charge < -0.3 is 0 Å². The summed E-state index contributed by atoms with van der Waals surface area (Å²) in [7, 11) is 0. The molecule has 0 heterocycles. The maximum Gasteiger partial charge on any atom is 0.280 e. The second kappa shape index (κ2) is 11.0. The van der Waals surface area contributed by atoms with Crippen molar-refractivity contribution in [2.75, 3.05) is 0 Å². The Morgan fingerprint density at radius 3 is 1.22 bits per heavy atom. The Bertz CT molecular complexity index is 1030. The zero-order valence-electron chi connectivity index (χ0n) is 16.3. The van der Waals surface area contributed by atoms with Gasteiger partial charge in [-0.25, -0.2) is 0 Å². The lowest BCUT2D eigenvalue weighted by molar-refractivity contribution is -0.395. The smallest absolute Gasteiger partial charge is 0.258 e. The molecule has 0 saturated carbocycles. The van der Waals surface area contributed by atoms with Gasteiger partial charge in [-0.15, -0.1) is 0 Å². The zero-order chi connectivity index (χ0) is 23.4. The summed E-state index contributed by atoms with van der Waals surface area (Å²) in [6.07, 6.45) is 0. The zero-order valence-corrected chi connectivity index (χ0v) is 22.6. The molecule has 0 aliphatic heterocycles. The van der Waals surface area contributed by atoms with Gasteiger partial charge >= 0.3 is 0 Å². The van der Waals surface area contributed by atoms with Gasteiger partial charge in [0.1, 0.15) is 0 Å². The molecule has 0 spiro atoms. The van der Waals surface area contributed by atoms with E-state index in [2.05, 4.69) is 63.7 Å². The van der Waals surface area contributed by atoms with E-state index in [9.17, 15) is 20.2 Å². The lowest BCUT2D eigenvalue weighted by Gasteiger charge is -2.21. The summed E-state index contributed by atoms with van der Waals surface area (Å²) >= 11 is 14.4. The van der Waals surface area contributed by atoms with E-state index in [0.717, 1.165) is 17.2 Å². The Balaban J connectivity index is 2.13. The van der Waals surface area contributed by atoms with Crippen molar-refractivity contribution in [3.63, 3.8) is 0 Å². The summed E-state index contributed by atoms with van der Waals surface area (Å²) in [5.74, 6) is 0. The van der Waals surface area contributed by atoms with Gasteiger partial charge in [-0.05, 0) is 17.2 Å². The number of alkyl halides is 4. The first-order chi connectivity index (χ1) is 15.2. The van der Waals surface area contributed by atoms with Gasteiger partial charge in [-0.3, -0.25) is 20.2 Å². The molecule has 166 valence electrons. The number of rotatable bonds is 8. The number of halogens is 4. The van der Waals surface area contributed by atoms with Crippen molar-refractivity contribution in [3.8, 4) is 0 Å². The van der Waals surface area contributed by atoms with E-state index in [-0.39, 0.29) is 21.0 Å². The minimum absolute atomic E-state index is 0.292. The lowest BCUT2D eigenvalue weighted by atomic mass is 9.96. The van der Waals surface area contributed by atoms with Gasteiger partial charge in [0.25, 0.3) is 11.4 Å². The fourth-order valence-electron chi connectivity index (χ4n) is 3.30. The molecule has 0 aliphatic carbocycles. The molecular formula is C22H16Br4N2O4. The van der Waals surface area contributed by atoms with Crippen LogP contribution < -0.4 is 0 Å². The van der Waals surface area contributed by atoms with Crippen molar-refractivity contribution in [2.45, 2.75) is 19.3 Å². The van der Waals surface area contributed by atoms with Crippen molar-refractivity contribution in [3.05, 3.63) is 115 Å². The summed E-state index contributed by atoms with van der Waals surface area (Å²) in [6.45, 7) is 0. The first kappa shape index (κ1) is 25.0. The van der Waals surface area contributed by atoms with Crippen molar-refractivity contribution in [2.24, 2.45) is 0 Å². The van der Waals surface area contributed by atoms with Crippen molar-refractivity contribution in [1.29, 1.82) is 0 Å². The summed E-state index contributed by atoms with van der Waals surface area (Å²) in [5, 5.41) is 23.6. The van der Waals surface area contributed by atoms with E-state index < -0.39 is 19.5 Å². The minimum atomic E-state index is -0.586. The third-order valence-electron chi connectivity index (χ3n) is 4.91. The molecule has 32 heavy (non-hydrogen) atoms. The Hall–Kier alpha value is -1.62. The molecule has 4 atom stereocenters. The molecular weight excluding hydrogens is 676 g/mol. The number of nitro groups is 2.